The highest BCUT2D eigenvalue weighted by atomic mass is 19.4. The van der Waals surface area contributed by atoms with Gasteiger partial charge in [-0.15, -0.1) is 0 Å². The van der Waals surface area contributed by atoms with Crippen molar-refractivity contribution in [3.8, 4) is 0 Å². The van der Waals surface area contributed by atoms with E-state index < -0.39 is 23.1 Å². The summed E-state index contributed by atoms with van der Waals surface area (Å²) in [7, 11) is 0.911. The summed E-state index contributed by atoms with van der Waals surface area (Å²) in [4.78, 5) is 27.4. The predicted molar refractivity (Wildman–Crippen MR) is 134 cm³/mol. The molecule has 2 amide bonds. The Labute approximate surface area is 217 Å². The molecule has 0 saturated carbocycles. The molecule has 0 aliphatic carbocycles. The first-order chi connectivity index (χ1) is 18.1. The molecule has 2 saturated heterocycles. The van der Waals surface area contributed by atoms with Crippen LogP contribution in [0.25, 0.3) is 10.8 Å². The molecule has 1 N–H and O–H groups in total. The van der Waals surface area contributed by atoms with Gasteiger partial charge < -0.3 is 15.0 Å². The molecule has 5 nitrogen and oxygen atoms in total. The second-order valence-corrected chi connectivity index (χ2v) is 10.1. The fourth-order valence-corrected chi connectivity index (χ4v) is 6.24. The summed E-state index contributed by atoms with van der Waals surface area (Å²) in [5.41, 5.74) is -3.14. The molecular weight excluding hydrogens is 500 g/mol. The zero-order valence-corrected chi connectivity index (χ0v) is 20.9. The van der Waals surface area contributed by atoms with Gasteiger partial charge in [0, 0.05) is 44.6 Å². The van der Waals surface area contributed by atoms with Crippen molar-refractivity contribution < 1.29 is 31.9 Å². The number of carbonyl (C=O) groups is 2. The van der Waals surface area contributed by atoms with Gasteiger partial charge in [0.15, 0.2) is 0 Å². The standard InChI is InChI=1S/C29H28F4N2O3/c1-38-28(29(31,32)33,23-8-4-6-19-5-2-3-7-22(19)23)26(37)35-15-13-27(14-16-35)17-25(36)34-18-24(27)20-9-11-21(30)12-10-20/h2-12,24H,13-18H2,1H3,(H,34,36)/t24-,28-/m1/s1. The fraction of sp³-hybridized carbons (Fsp3) is 0.379. The average molecular weight is 529 g/mol. The van der Waals surface area contributed by atoms with Gasteiger partial charge in [-0.25, -0.2) is 4.39 Å². The van der Waals surface area contributed by atoms with Gasteiger partial charge >= 0.3 is 6.18 Å². The Morgan fingerprint density at radius 2 is 1.66 bits per heavy atom. The fourth-order valence-electron chi connectivity index (χ4n) is 6.24. The van der Waals surface area contributed by atoms with Crippen LogP contribution in [0, 0.1) is 11.2 Å². The minimum atomic E-state index is -5.03. The molecule has 2 heterocycles. The Balaban J connectivity index is 1.48. The number of benzene rings is 3. The number of carbonyl (C=O) groups excluding carboxylic acids is 2. The number of ether oxygens (including phenoxy) is 1. The highest BCUT2D eigenvalue weighted by molar-refractivity contribution is 5.95. The molecule has 200 valence electrons. The zero-order chi connectivity index (χ0) is 27.1. The second kappa shape index (κ2) is 9.69. The topological polar surface area (TPSA) is 58.6 Å². The van der Waals surface area contributed by atoms with Crippen LogP contribution in [0.2, 0.25) is 0 Å². The summed E-state index contributed by atoms with van der Waals surface area (Å²) < 4.78 is 63.3. The van der Waals surface area contributed by atoms with E-state index >= 15 is 0 Å². The van der Waals surface area contributed by atoms with E-state index in [2.05, 4.69) is 5.32 Å². The summed E-state index contributed by atoms with van der Waals surface area (Å²) in [5, 5.41) is 3.71. The van der Waals surface area contributed by atoms with Gasteiger partial charge in [0.1, 0.15) is 5.82 Å². The molecular formula is C29H28F4N2O3. The van der Waals surface area contributed by atoms with E-state index in [1.54, 1.807) is 42.5 Å². The third-order valence-corrected chi connectivity index (χ3v) is 8.25. The first-order valence-electron chi connectivity index (χ1n) is 12.5. The number of nitrogens with one attached hydrogen (secondary N) is 1. The third kappa shape index (κ3) is 4.22. The van der Waals surface area contributed by atoms with Crippen LogP contribution in [-0.4, -0.2) is 49.6 Å². The minimum absolute atomic E-state index is 0.0375. The van der Waals surface area contributed by atoms with Crippen LogP contribution in [0.3, 0.4) is 0 Å². The summed E-state index contributed by atoms with van der Waals surface area (Å²) in [6, 6.07) is 17.1. The Bertz CT molecular complexity index is 1340. The number of nitrogens with zero attached hydrogens (tertiary/aromatic N) is 1. The highest BCUT2D eigenvalue weighted by Crippen LogP contribution is 2.51. The maximum Gasteiger partial charge on any atom is 0.431 e. The van der Waals surface area contributed by atoms with Gasteiger partial charge in [-0.3, -0.25) is 9.59 Å². The van der Waals surface area contributed by atoms with Gasteiger partial charge in [-0.1, -0.05) is 54.6 Å². The number of halogens is 4. The van der Waals surface area contributed by atoms with Crippen LogP contribution in [0.4, 0.5) is 17.6 Å². The monoisotopic (exact) mass is 528 g/mol. The normalized spacial score (nSPS) is 21.2. The quantitative estimate of drug-likeness (QED) is 0.468. The van der Waals surface area contributed by atoms with Gasteiger partial charge in [-0.2, -0.15) is 13.2 Å². The lowest BCUT2D eigenvalue weighted by Crippen LogP contribution is -2.60. The maximum absolute atomic E-state index is 14.9. The number of fused-ring (bicyclic) bond motifs is 1. The summed E-state index contributed by atoms with van der Waals surface area (Å²) in [6.45, 7) is 0.421. The first-order valence-corrected chi connectivity index (χ1v) is 12.5. The Morgan fingerprint density at radius 3 is 2.32 bits per heavy atom. The van der Waals surface area contributed by atoms with Crippen molar-refractivity contribution in [1.82, 2.24) is 10.2 Å². The van der Waals surface area contributed by atoms with E-state index in [4.69, 9.17) is 4.74 Å². The molecule has 0 radical (unpaired) electrons. The van der Waals surface area contributed by atoms with Gasteiger partial charge in [0.05, 0.1) is 0 Å². The van der Waals surface area contributed by atoms with E-state index in [1.807, 2.05) is 0 Å². The van der Waals surface area contributed by atoms with E-state index in [0.29, 0.717) is 24.8 Å². The van der Waals surface area contributed by atoms with Gasteiger partial charge in [0.2, 0.25) is 5.91 Å². The molecule has 9 heteroatoms. The molecule has 0 bridgehead atoms. The van der Waals surface area contributed by atoms with Crippen LogP contribution in [0.1, 0.15) is 36.3 Å². The Kier molecular flexibility index (Phi) is 6.67. The largest absolute Gasteiger partial charge is 0.431 e. The molecule has 5 rings (SSSR count). The maximum atomic E-state index is 14.9. The number of rotatable bonds is 4. The van der Waals surface area contributed by atoms with E-state index in [0.717, 1.165) is 12.7 Å². The second-order valence-electron chi connectivity index (χ2n) is 10.1. The highest BCUT2D eigenvalue weighted by Gasteiger charge is 2.64. The summed E-state index contributed by atoms with van der Waals surface area (Å²) in [6.07, 6.45) is -4.17. The number of hydrogen-bond acceptors (Lipinski definition) is 3. The number of likely N-dealkylation sites (tertiary alicyclic amines) is 1. The molecule has 2 atom stereocenters. The number of amides is 2. The van der Waals surface area contributed by atoms with E-state index in [-0.39, 0.29) is 48.1 Å². The summed E-state index contributed by atoms with van der Waals surface area (Å²) >= 11 is 0. The van der Waals surface area contributed by atoms with Crippen LogP contribution < -0.4 is 5.32 Å². The third-order valence-electron chi connectivity index (χ3n) is 8.25. The lowest BCUT2D eigenvalue weighted by atomic mass is 9.62. The Morgan fingerprint density at radius 1 is 1.00 bits per heavy atom. The SMILES string of the molecule is CO[C@@](C(=O)N1CCC2(CC1)CC(=O)NC[C@@H]2c1ccc(F)cc1)(c1cccc2ccccc12)C(F)(F)F. The number of hydrogen-bond donors (Lipinski definition) is 1. The molecule has 2 aliphatic heterocycles. The van der Waals surface area contributed by atoms with Crippen molar-refractivity contribution in [2.45, 2.75) is 37.0 Å². The van der Waals surface area contributed by atoms with Crippen molar-refractivity contribution in [2.24, 2.45) is 5.41 Å². The number of piperidine rings is 2. The zero-order valence-electron chi connectivity index (χ0n) is 20.9. The molecule has 0 unspecified atom stereocenters. The van der Waals surface area contributed by atoms with Crippen LogP contribution in [-0.2, 0) is 19.9 Å². The molecule has 2 fully saturated rings. The smallest absolute Gasteiger partial charge is 0.356 e. The van der Waals surface area contributed by atoms with Crippen LogP contribution in [0.15, 0.2) is 66.7 Å². The molecule has 38 heavy (non-hydrogen) atoms. The summed E-state index contributed by atoms with van der Waals surface area (Å²) in [5.74, 6) is -1.83. The predicted octanol–water partition coefficient (Wildman–Crippen LogP) is 5.30. The van der Waals surface area contributed by atoms with Crippen molar-refractivity contribution >= 4 is 22.6 Å². The number of methoxy groups -OCH3 is 1. The van der Waals surface area contributed by atoms with Gasteiger partial charge in [0.25, 0.3) is 11.5 Å². The van der Waals surface area contributed by atoms with E-state index in [1.165, 1.54) is 29.2 Å². The van der Waals surface area contributed by atoms with Crippen molar-refractivity contribution in [2.75, 3.05) is 26.7 Å². The average Bonchev–Trinajstić information content (AvgIpc) is 2.90. The Hall–Kier alpha value is -3.46. The minimum Gasteiger partial charge on any atom is -0.356 e. The first kappa shape index (κ1) is 26.2. The van der Waals surface area contributed by atoms with Crippen molar-refractivity contribution in [3.05, 3.63) is 83.7 Å². The lowest BCUT2D eigenvalue weighted by Gasteiger charge is -2.50. The van der Waals surface area contributed by atoms with Crippen molar-refractivity contribution in [1.29, 1.82) is 0 Å². The van der Waals surface area contributed by atoms with Gasteiger partial charge in [-0.05, 0) is 46.7 Å². The molecule has 2 aliphatic rings. The van der Waals surface area contributed by atoms with E-state index in [9.17, 15) is 27.2 Å². The molecule has 0 aromatic heterocycles. The van der Waals surface area contributed by atoms with Crippen LogP contribution in [0.5, 0.6) is 0 Å². The van der Waals surface area contributed by atoms with Crippen LogP contribution >= 0.6 is 0 Å². The number of alkyl halides is 3. The molecule has 1 spiro atoms. The lowest BCUT2D eigenvalue weighted by molar-refractivity contribution is -0.270. The molecule has 3 aromatic rings. The molecule has 3 aromatic carbocycles. The van der Waals surface area contributed by atoms with Crippen molar-refractivity contribution in [3.63, 3.8) is 0 Å².